The Morgan fingerprint density at radius 2 is 1.85 bits per heavy atom. The van der Waals surface area contributed by atoms with Gasteiger partial charge in [0.15, 0.2) is 7.05 Å². The lowest BCUT2D eigenvalue weighted by atomic mass is 9.96. The molecule has 1 aliphatic rings. The van der Waals surface area contributed by atoms with E-state index >= 15 is 0 Å². The van der Waals surface area contributed by atoms with Crippen molar-refractivity contribution in [3.8, 4) is 5.75 Å². The van der Waals surface area contributed by atoms with Gasteiger partial charge in [0.25, 0.3) is 5.71 Å². The molecule has 1 aliphatic carbocycles. The van der Waals surface area contributed by atoms with Crippen LogP contribution in [0, 0.1) is 0 Å². The molecule has 0 saturated carbocycles. The van der Waals surface area contributed by atoms with E-state index in [9.17, 15) is 10.0 Å². The highest BCUT2D eigenvalue weighted by Crippen LogP contribution is 2.40. The van der Waals surface area contributed by atoms with Gasteiger partial charge < -0.3 is 9.47 Å². The summed E-state index contributed by atoms with van der Waals surface area (Å²) < 4.78 is 11.5. The molecular formula is C21H22NO4+. The number of hydrogen-bond donors (Lipinski definition) is 1. The summed E-state index contributed by atoms with van der Waals surface area (Å²) in [7, 11) is 3.15. The number of carbonyl (C=O) groups is 1. The number of carbonyl (C=O) groups excluding carboxylic acids is 1. The van der Waals surface area contributed by atoms with Gasteiger partial charge in [-0.1, -0.05) is 30.3 Å². The van der Waals surface area contributed by atoms with Crippen LogP contribution in [0.4, 0.5) is 0 Å². The van der Waals surface area contributed by atoms with Gasteiger partial charge in [0, 0.05) is 11.1 Å². The highest BCUT2D eigenvalue weighted by atomic mass is 16.5. The fraction of sp³-hybridized carbons (Fsp3) is 0.238. The zero-order chi connectivity index (χ0) is 18.7. The van der Waals surface area contributed by atoms with Gasteiger partial charge in [-0.2, -0.15) is 0 Å². The molecule has 0 fully saturated rings. The van der Waals surface area contributed by atoms with Gasteiger partial charge in [-0.25, -0.2) is 0 Å². The Hall–Kier alpha value is -3.08. The van der Waals surface area contributed by atoms with E-state index in [1.165, 1.54) is 0 Å². The maximum Gasteiger partial charge on any atom is 0.310 e. The lowest BCUT2D eigenvalue weighted by Gasteiger charge is -2.08. The Morgan fingerprint density at radius 3 is 2.46 bits per heavy atom. The van der Waals surface area contributed by atoms with E-state index in [4.69, 9.17) is 9.47 Å². The molecule has 0 saturated heterocycles. The molecule has 3 rings (SSSR count). The molecule has 0 heterocycles. The molecule has 0 aromatic heterocycles. The van der Waals surface area contributed by atoms with Gasteiger partial charge in [0.2, 0.25) is 0 Å². The van der Waals surface area contributed by atoms with Crippen molar-refractivity contribution in [1.29, 1.82) is 0 Å². The first kappa shape index (κ1) is 17.7. The van der Waals surface area contributed by atoms with Crippen LogP contribution < -0.4 is 4.74 Å². The fourth-order valence-corrected chi connectivity index (χ4v) is 3.34. The summed E-state index contributed by atoms with van der Waals surface area (Å²) in [5.74, 6) is 0.364. The van der Waals surface area contributed by atoms with Crippen molar-refractivity contribution in [2.75, 3.05) is 20.8 Å². The van der Waals surface area contributed by atoms with E-state index < -0.39 is 0 Å². The zero-order valence-electron chi connectivity index (χ0n) is 15.2. The average molecular weight is 352 g/mol. The summed E-state index contributed by atoms with van der Waals surface area (Å²) in [4.78, 5) is 12.2. The van der Waals surface area contributed by atoms with Crippen molar-refractivity contribution in [3.63, 3.8) is 0 Å². The largest absolute Gasteiger partial charge is 0.497 e. The molecule has 0 bridgehead atoms. The number of hydroxylamine groups is 1. The smallest absolute Gasteiger partial charge is 0.310 e. The quantitative estimate of drug-likeness (QED) is 0.388. The van der Waals surface area contributed by atoms with Crippen molar-refractivity contribution >= 4 is 17.3 Å². The van der Waals surface area contributed by atoms with Crippen LogP contribution in [0.15, 0.2) is 54.1 Å². The number of ether oxygens (including phenoxy) is 2. The highest BCUT2D eigenvalue weighted by Gasteiger charge is 2.36. The number of hydrogen-bond acceptors (Lipinski definition) is 4. The third-order valence-corrected chi connectivity index (χ3v) is 4.35. The first-order chi connectivity index (χ1) is 12.6. The lowest BCUT2D eigenvalue weighted by Crippen LogP contribution is -2.18. The summed E-state index contributed by atoms with van der Waals surface area (Å²) in [6, 6.07) is 15.6. The molecule has 26 heavy (non-hydrogen) atoms. The predicted molar refractivity (Wildman–Crippen MR) is 98.8 cm³/mol. The fourth-order valence-electron chi connectivity index (χ4n) is 3.34. The maximum atomic E-state index is 12.2. The van der Waals surface area contributed by atoms with Crippen LogP contribution in [-0.4, -0.2) is 42.4 Å². The number of methoxy groups -OCH3 is 1. The molecule has 0 unspecified atom stereocenters. The minimum atomic E-state index is -0.324. The lowest BCUT2D eigenvalue weighted by molar-refractivity contribution is -0.753. The van der Waals surface area contributed by atoms with Crippen LogP contribution in [0.5, 0.6) is 5.75 Å². The molecule has 0 radical (unpaired) electrons. The molecule has 0 aliphatic heterocycles. The van der Waals surface area contributed by atoms with Crippen LogP contribution in [0.2, 0.25) is 0 Å². The minimum Gasteiger partial charge on any atom is -0.497 e. The number of fused-ring (bicyclic) bond motifs is 1. The highest BCUT2D eigenvalue weighted by molar-refractivity contribution is 6.24. The van der Waals surface area contributed by atoms with Crippen LogP contribution >= 0.6 is 0 Å². The molecule has 2 aromatic rings. The predicted octanol–water partition coefficient (Wildman–Crippen LogP) is 3.28. The molecule has 5 nitrogen and oxygen atoms in total. The van der Waals surface area contributed by atoms with Gasteiger partial charge >= 0.3 is 5.97 Å². The number of rotatable bonds is 5. The van der Waals surface area contributed by atoms with Gasteiger partial charge in [0.1, 0.15) is 5.75 Å². The first-order valence-corrected chi connectivity index (χ1v) is 8.49. The van der Waals surface area contributed by atoms with E-state index in [0.29, 0.717) is 18.1 Å². The van der Waals surface area contributed by atoms with E-state index in [1.54, 1.807) is 21.1 Å². The Bertz CT molecular complexity index is 893. The van der Waals surface area contributed by atoms with Crippen LogP contribution in [0.25, 0.3) is 5.57 Å². The third-order valence-electron chi connectivity index (χ3n) is 4.35. The van der Waals surface area contributed by atoms with Crippen molar-refractivity contribution in [2.24, 2.45) is 0 Å². The molecule has 134 valence electrons. The van der Waals surface area contributed by atoms with Crippen molar-refractivity contribution in [2.45, 2.75) is 13.3 Å². The number of nitrogens with zero attached hydrogens (tertiary/aromatic N) is 1. The van der Waals surface area contributed by atoms with Gasteiger partial charge in [-0.3, -0.25) is 10.0 Å². The van der Waals surface area contributed by atoms with E-state index in [2.05, 4.69) is 0 Å². The standard InChI is InChI=1S/C21H22NO4/c1-4-26-19(23)13-18-20(14-8-6-5-7-9-14)16-11-10-15(25-3)12-17(16)21(18)22(2)24/h5-12,24H,4,13H2,1-3H3/q+1. The second-order valence-corrected chi connectivity index (χ2v) is 5.99. The zero-order valence-corrected chi connectivity index (χ0v) is 15.2. The molecule has 2 aromatic carbocycles. The summed E-state index contributed by atoms with van der Waals surface area (Å²) in [6.45, 7) is 2.10. The van der Waals surface area contributed by atoms with Gasteiger partial charge in [0.05, 0.1) is 25.7 Å². The normalized spacial score (nSPS) is 14.9. The van der Waals surface area contributed by atoms with Gasteiger partial charge in [-0.15, -0.1) is 0 Å². The second kappa shape index (κ2) is 7.44. The van der Waals surface area contributed by atoms with E-state index in [1.807, 2.05) is 48.5 Å². The molecule has 0 amide bonds. The van der Waals surface area contributed by atoms with Crippen molar-refractivity contribution in [1.82, 2.24) is 0 Å². The maximum absolute atomic E-state index is 12.2. The minimum absolute atomic E-state index is 0.0787. The Kier molecular flexibility index (Phi) is 5.07. The topological polar surface area (TPSA) is 58.8 Å². The summed E-state index contributed by atoms with van der Waals surface area (Å²) in [6.07, 6.45) is 0.0787. The van der Waals surface area contributed by atoms with Gasteiger partial charge in [-0.05, 0) is 41.0 Å². The number of benzene rings is 2. The van der Waals surface area contributed by atoms with E-state index in [-0.39, 0.29) is 12.4 Å². The summed E-state index contributed by atoms with van der Waals surface area (Å²) in [5, 5.41) is 10.3. The molecular weight excluding hydrogens is 330 g/mol. The first-order valence-electron chi connectivity index (χ1n) is 8.49. The second-order valence-electron chi connectivity index (χ2n) is 5.99. The molecule has 0 spiro atoms. The van der Waals surface area contributed by atoms with E-state index in [0.717, 1.165) is 32.6 Å². The Morgan fingerprint density at radius 1 is 1.12 bits per heavy atom. The summed E-state index contributed by atoms with van der Waals surface area (Å²) in [5.41, 5.74) is 5.01. The summed E-state index contributed by atoms with van der Waals surface area (Å²) >= 11 is 0. The molecule has 1 N–H and O–H groups in total. The average Bonchev–Trinajstić information content (AvgIpc) is 2.95. The Labute approximate surface area is 152 Å². The van der Waals surface area contributed by atoms with Crippen LogP contribution in [0.1, 0.15) is 30.0 Å². The Balaban J connectivity index is 2.25. The van der Waals surface area contributed by atoms with Crippen molar-refractivity contribution < 1.29 is 24.2 Å². The monoisotopic (exact) mass is 352 g/mol. The number of esters is 1. The van der Waals surface area contributed by atoms with Crippen molar-refractivity contribution in [3.05, 3.63) is 70.8 Å². The third kappa shape index (κ3) is 3.20. The van der Waals surface area contributed by atoms with Crippen LogP contribution in [-0.2, 0) is 9.53 Å². The molecule has 0 atom stereocenters. The SMILES string of the molecule is CCOC(=O)CC1=C(c2ccccc2)c2ccc(OC)cc2C1=[N+](C)O. The van der Waals surface area contributed by atoms with Crippen LogP contribution in [0.3, 0.4) is 0 Å². The molecule has 5 heteroatoms.